The molecule has 0 spiro atoms. The maximum atomic E-state index is 12.2. The SMILES string of the molecule is CC(C)(CC(=O)O)c1ccc(S(=O)(=O)C2COC2)cc1. The van der Waals surface area contributed by atoms with Gasteiger partial charge in [0.1, 0.15) is 5.25 Å². The fraction of sp³-hybridized carbons (Fsp3) is 0.500. The van der Waals surface area contributed by atoms with Gasteiger partial charge in [0.25, 0.3) is 0 Å². The first-order chi connectivity index (χ1) is 9.23. The predicted octanol–water partition coefficient (Wildman–Crippen LogP) is 1.61. The van der Waals surface area contributed by atoms with Crippen LogP contribution in [0.4, 0.5) is 0 Å². The number of ether oxygens (including phenoxy) is 1. The molecule has 0 atom stereocenters. The Morgan fingerprint density at radius 2 is 1.85 bits per heavy atom. The summed E-state index contributed by atoms with van der Waals surface area (Å²) in [6, 6.07) is 6.48. The summed E-state index contributed by atoms with van der Waals surface area (Å²) in [6.07, 6.45) is -0.00440. The molecule has 0 aromatic heterocycles. The third-order valence-corrected chi connectivity index (χ3v) is 5.68. The number of hydrogen-bond acceptors (Lipinski definition) is 4. The summed E-state index contributed by atoms with van der Waals surface area (Å²) in [7, 11) is -3.33. The van der Waals surface area contributed by atoms with Crippen LogP contribution in [0.1, 0.15) is 25.8 Å². The van der Waals surface area contributed by atoms with Crippen molar-refractivity contribution in [3.05, 3.63) is 29.8 Å². The van der Waals surface area contributed by atoms with Crippen LogP contribution in [0.25, 0.3) is 0 Å². The zero-order valence-corrected chi connectivity index (χ0v) is 12.3. The lowest BCUT2D eigenvalue weighted by Gasteiger charge is -2.26. The number of aliphatic carboxylic acids is 1. The fourth-order valence-corrected chi connectivity index (χ4v) is 3.61. The molecule has 2 rings (SSSR count). The molecule has 0 aliphatic carbocycles. The summed E-state index contributed by atoms with van der Waals surface area (Å²) in [5, 5.41) is 8.44. The zero-order chi connectivity index (χ0) is 15.0. The second-order valence-electron chi connectivity index (χ2n) is 5.68. The van der Waals surface area contributed by atoms with E-state index in [4.69, 9.17) is 9.84 Å². The molecule has 1 aromatic rings. The van der Waals surface area contributed by atoms with Crippen molar-refractivity contribution in [1.29, 1.82) is 0 Å². The Labute approximate surface area is 118 Å². The Bertz CT molecular complexity index is 597. The fourth-order valence-electron chi connectivity index (χ4n) is 2.16. The molecule has 0 unspecified atom stereocenters. The van der Waals surface area contributed by atoms with Crippen LogP contribution in [0.2, 0.25) is 0 Å². The summed E-state index contributed by atoms with van der Waals surface area (Å²) in [5.41, 5.74) is 0.275. The number of carbonyl (C=O) groups is 1. The summed E-state index contributed by atoms with van der Waals surface area (Å²) in [4.78, 5) is 11.1. The van der Waals surface area contributed by atoms with Gasteiger partial charge in [0.2, 0.25) is 0 Å². The first-order valence-corrected chi connectivity index (χ1v) is 7.92. The first-order valence-electron chi connectivity index (χ1n) is 6.37. The Hall–Kier alpha value is -1.40. The highest BCUT2D eigenvalue weighted by Crippen LogP contribution is 2.29. The van der Waals surface area contributed by atoms with Gasteiger partial charge in [-0.1, -0.05) is 26.0 Å². The first kappa shape index (κ1) is 15.0. The molecule has 5 nitrogen and oxygen atoms in total. The second kappa shape index (κ2) is 5.18. The van der Waals surface area contributed by atoms with Gasteiger partial charge >= 0.3 is 5.97 Å². The lowest BCUT2D eigenvalue weighted by Crippen LogP contribution is -2.40. The molecule has 1 aromatic carbocycles. The van der Waals surface area contributed by atoms with Gasteiger partial charge in [-0.05, 0) is 17.7 Å². The van der Waals surface area contributed by atoms with Crippen molar-refractivity contribution in [1.82, 2.24) is 0 Å². The van der Waals surface area contributed by atoms with Crippen molar-refractivity contribution in [3.8, 4) is 0 Å². The van der Waals surface area contributed by atoms with Gasteiger partial charge in [-0.25, -0.2) is 8.42 Å². The molecule has 0 radical (unpaired) electrons. The van der Waals surface area contributed by atoms with Crippen LogP contribution in [-0.4, -0.2) is 38.0 Å². The molecule has 0 amide bonds. The van der Waals surface area contributed by atoms with Crippen molar-refractivity contribution in [2.24, 2.45) is 0 Å². The van der Waals surface area contributed by atoms with Gasteiger partial charge < -0.3 is 9.84 Å². The van der Waals surface area contributed by atoms with Gasteiger partial charge in [-0.15, -0.1) is 0 Å². The van der Waals surface area contributed by atoms with Crippen LogP contribution in [0, 0.1) is 0 Å². The van der Waals surface area contributed by atoms with Crippen molar-refractivity contribution in [2.75, 3.05) is 13.2 Å². The van der Waals surface area contributed by atoms with Crippen LogP contribution >= 0.6 is 0 Å². The summed E-state index contributed by atoms with van der Waals surface area (Å²) in [5.74, 6) is -0.877. The maximum Gasteiger partial charge on any atom is 0.304 e. The third-order valence-electron chi connectivity index (χ3n) is 3.60. The number of benzene rings is 1. The molecule has 1 saturated heterocycles. The average Bonchev–Trinajstić information content (AvgIpc) is 2.24. The van der Waals surface area contributed by atoms with Crippen molar-refractivity contribution in [3.63, 3.8) is 0 Å². The highest BCUT2D eigenvalue weighted by atomic mass is 32.2. The van der Waals surface area contributed by atoms with E-state index in [1.54, 1.807) is 24.3 Å². The molecular formula is C14H18O5S. The monoisotopic (exact) mass is 298 g/mol. The van der Waals surface area contributed by atoms with Crippen LogP contribution in [-0.2, 0) is 24.8 Å². The van der Waals surface area contributed by atoms with E-state index >= 15 is 0 Å². The molecule has 1 aliphatic heterocycles. The minimum absolute atomic E-state index is 0.00440. The molecule has 1 aliphatic rings. The van der Waals surface area contributed by atoms with Crippen molar-refractivity contribution in [2.45, 2.75) is 35.8 Å². The van der Waals surface area contributed by atoms with Gasteiger partial charge in [0.15, 0.2) is 9.84 Å². The van der Waals surface area contributed by atoms with E-state index in [-0.39, 0.29) is 24.5 Å². The molecule has 0 bridgehead atoms. The van der Waals surface area contributed by atoms with E-state index in [1.165, 1.54) is 0 Å². The van der Waals surface area contributed by atoms with E-state index in [9.17, 15) is 13.2 Å². The molecule has 1 fully saturated rings. The van der Waals surface area contributed by atoms with E-state index in [1.807, 2.05) is 13.8 Å². The molecule has 1 N–H and O–H groups in total. The number of hydrogen-bond donors (Lipinski definition) is 1. The minimum Gasteiger partial charge on any atom is -0.481 e. The zero-order valence-electron chi connectivity index (χ0n) is 11.5. The second-order valence-corrected chi connectivity index (χ2v) is 7.91. The van der Waals surface area contributed by atoms with Crippen molar-refractivity contribution >= 4 is 15.8 Å². The van der Waals surface area contributed by atoms with Gasteiger partial charge in [0, 0.05) is 5.41 Å². The molecule has 1 heterocycles. The van der Waals surface area contributed by atoms with Gasteiger partial charge in [-0.2, -0.15) is 0 Å². The summed E-state index contributed by atoms with van der Waals surface area (Å²) in [6.45, 7) is 4.14. The Kier molecular flexibility index (Phi) is 3.88. The predicted molar refractivity (Wildman–Crippen MR) is 73.5 cm³/mol. The highest BCUT2D eigenvalue weighted by Gasteiger charge is 2.34. The van der Waals surface area contributed by atoms with Crippen molar-refractivity contribution < 1.29 is 23.1 Å². The Morgan fingerprint density at radius 3 is 2.25 bits per heavy atom. The Morgan fingerprint density at radius 1 is 1.30 bits per heavy atom. The standard InChI is InChI=1S/C14H18O5S/c1-14(2,7-13(15)16)10-3-5-11(6-4-10)20(17,18)12-8-19-9-12/h3-6,12H,7-9H2,1-2H3,(H,15,16). The normalized spacial score (nSPS) is 16.7. The molecule has 0 saturated carbocycles. The summed E-state index contributed by atoms with van der Waals surface area (Å²) >= 11 is 0. The van der Waals surface area contributed by atoms with E-state index in [0.717, 1.165) is 5.56 Å². The molecule has 110 valence electrons. The quantitative estimate of drug-likeness (QED) is 0.893. The highest BCUT2D eigenvalue weighted by molar-refractivity contribution is 7.92. The summed E-state index contributed by atoms with van der Waals surface area (Å²) < 4.78 is 29.3. The molecule has 20 heavy (non-hydrogen) atoms. The topological polar surface area (TPSA) is 80.7 Å². The lowest BCUT2D eigenvalue weighted by molar-refractivity contribution is -0.138. The van der Waals surface area contributed by atoms with Gasteiger partial charge in [0.05, 0.1) is 24.5 Å². The van der Waals surface area contributed by atoms with Crippen LogP contribution in [0.5, 0.6) is 0 Å². The van der Waals surface area contributed by atoms with E-state index in [2.05, 4.69) is 0 Å². The molecular weight excluding hydrogens is 280 g/mol. The smallest absolute Gasteiger partial charge is 0.304 e. The Balaban J connectivity index is 2.24. The van der Waals surface area contributed by atoms with E-state index in [0.29, 0.717) is 0 Å². The van der Waals surface area contributed by atoms with Crippen LogP contribution in [0.15, 0.2) is 29.2 Å². The average molecular weight is 298 g/mol. The van der Waals surface area contributed by atoms with Crippen LogP contribution < -0.4 is 0 Å². The third kappa shape index (κ3) is 2.86. The largest absolute Gasteiger partial charge is 0.481 e. The lowest BCUT2D eigenvalue weighted by atomic mass is 9.82. The van der Waals surface area contributed by atoms with E-state index < -0.39 is 26.5 Å². The van der Waals surface area contributed by atoms with Gasteiger partial charge in [-0.3, -0.25) is 4.79 Å². The van der Waals surface area contributed by atoms with Crippen LogP contribution in [0.3, 0.4) is 0 Å². The maximum absolute atomic E-state index is 12.2. The number of carboxylic acid groups (broad SMARTS) is 1. The number of rotatable bonds is 5. The molecule has 6 heteroatoms. The number of carboxylic acids is 1. The number of sulfone groups is 1. The minimum atomic E-state index is -3.33.